The number of rotatable bonds is 6. The van der Waals surface area contributed by atoms with Crippen molar-refractivity contribution in [2.75, 3.05) is 29.9 Å². The zero-order valence-electron chi connectivity index (χ0n) is 15.4. The molecule has 0 spiro atoms. The maximum absolute atomic E-state index is 12.9. The quantitative estimate of drug-likeness (QED) is 0.807. The van der Waals surface area contributed by atoms with Gasteiger partial charge >= 0.3 is 0 Å². The summed E-state index contributed by atoms with van der Waals surface area (Å²) in [7, 11) is 1.80. The molecule has 0 bridgehead atoms. The Balaban J connectivity index is 1.84. The molecule has 25 heavy (non-hydrogen) atoms. The molecule has 1 saturated heterocycles. The second-order valence-electron chi connectivity index (χ2n) is 6.56. The Morgan fingerprint density at radius 2 is 1.96 bits per heavy atom. The third kappa shape index (κ3) is 3.52. The van der Waals surface area contributed by atoms with E-state index in [1.165, 1.54) is 12.8 Å². The molecule has 1 fully saturated rings. The number of hydrogen-bond donors (Lipinski definition) is 0. The van der Waals surface area contributed by atoms with Crippen molar-refractivity contribution in [3.8, 4) is 0 Å². The minimum Gasteiger partial charge on any atom is -0.355 e. The topological polar surface area (TPSA) is 54.3 Å². The van der Waals surface area contributed by atoms with Crippen molar-refractivity contribution < 1.29 is 4.79 Å². The Kier molecular flexibility index (Phi) is 5.36. The van der Waals surface area contributed by atoms with Crippen molar-refractivity contribution in [3.63, 3.8) is 0 Å². The van der Waals surface area contributed by atoms with Gasteiger partial charge in [-0.2, -0.15) is 5.10 Å². The summed E-state index contributed by atoms with van der Waals surface area (Å²) in [5, 5.41) is 4.52. The fraction of sp³-hybridized carbons (Fsp3) is 0.526. The summed E-state index contributed by atoms with van der Waals surface area (Å²) in [5.74, 6) is 0.786. The van der Waals surface area contributed by atoms with Gasteiger partial charge in [0.2, 0.25) is 0 Å². The average Bonchev–Trinajstić information content (AvgIpc) is 3.34. The van der Waals surface area contributed by atoms with Gasteiger partial charge in [-0.05, 0) is 43.9 Å². The van der Waals surface area contributed by atoms with Crippen LogP contribution in [0.4, 0.5) is 11.5 Å². The predicted molar refractivity (Wildman–Crippen MR) is 100 cm³/mol. The van der Waals surface area contributed by atoms with E-state index in [4.69, 9.17) is 0 Å². The summed E-state index contributed by atoms with van der Waals surface area (Å²) in [6.07, 6.45) is 8.05. The van der Waals surface area contributed by atoms with Crippen LogP contribution in [0.2, 0.25) is 0 Å². The summed E-state index contributed by atoms with van der Waals surface area (Å²) < 4.78 is 1.91. The molecular formula is C19H27N5O. The molecule has 1 amide bonds. The Hall–Kier alpha value is -2.37. The second kappa shape index (κ2) is 7.68. The van der Waals surface area contributed by atoms with Crippen molar-refractivity contribution in [1.29, 1.82) is 0 Å². The van der Waals surface area contributed by atoms with Gasteiger partial charge in [0.25, 0.3) is 5.91 Å². The molecule has 2 aromatic heterocycles. The van der Waals surface area contributed by atoms with E-state index in [1.807, 2.05) is 29.1 Å². The first-order valence-corrected chi connectivity index (χ1v) is 9.18. The molecule has 0 N–H and O–H groups in total. The number of hydrogen-bond acceptors (Lipinski definition) is 4. The highest BCUT2D eigenvalue weighted by Gasteiger charge is 2.23. The van der Waals surface area contributed by atoms with Crippen LogP contribution in [0.5, 0.6) is 0 Å². The molecule has 3 heterocycles. The minimum absolute atomic E-state index is 0.0989. The van der Waals surface area contributed by atoms with Crippen LogP contribution in [0.1, 0.15) is 56.1 Å². The second-order valence-corrected chi connectivity index (χ2v) is 6.56. The highest BCUT2D eigenvalue weighted by Crippen LogP contribution is 2.29. The van der Waals surface area contributed by atoms with Crippen molar-refractivity contribution in [3.05, 3.63) is 36.3 Å². The van der Waals surface area contributed by atoms with Crippen molar-refractivity contribution in [2.24, 2.45) is 0 Å². The lowest BCUT2D eigenvalue weighted by molar-refractivity contribution is 0.0987. The predicted octanol–water partition coefficient (Wildman–Crippen LogP) is 3.52. The Bertz CT molecular complexity index is 716. The summed E-state index contributed by atoms with van der Waals surface area (Å²) in [4.78, 5) is 21.4. The number of aromatic nitrogens is 3. The fourth-order valence-corrected chi connectivity index (χ4v) is 3.42. The molecule has 6 nitrogen and oxygen atoms in total. The lowest BCUT2D eigenvalue weighted by Crippen LogP contribution is -2.30. The zero-order chi connectivity index (χ0) is 17.8. The van der Waals surface area contributed by atoms with E-state index in [0.29, 0.717) is 11.7 Å². The summed E-state index contributed by atoms with van der Waals surface area (Å²) in [6, 6.07) is 5.98. The van der Waals surface area contributed by atoms with Crippen LogP contribution < -0.4 is 9.80 Å². The fourth-order valence-electron chi connectivity index (χ4n) is 3.42. The number of carbonyl (C=O) groups excluding carboxylic acids is 1. The molecule has 0 aromatic carbocycles. The SMILES string of the molecule is CCC(CC)n1ccc(C(=O)N(C)c2cccnc2N2CCCC2)n1. The van der Waals surface area contributed by atoms with E-state index >= 15 is 0 Å². The molecule has 134 valence electrons. The van der Waals surface area contributed by atoms with Crippen LogP contribution in [-0.4, -0.2) is 40.8 Å². The molecule has 3 rings (SSSR count). The first-order chi connectivity index (χ1) is 12.2. The van der Waals surface area contributed by atoms with Gasteiger partial charge < -0.3 is 9.80 Å². The molecule has 0 saturated carbocycles. The van der Waals surface area contributed by atoms with Gasteiger partial charge in [0, 0.05) is 32.5 Å². The molecule has 0 aliphatic carbocycles. The monoisotopic (exact) mass is 341 g/mol. The molecule has 0 atom stereocenters. The first kappa shape index (κ1) is 17.5. The lowest BCUT2D eigenvalue weighted by atomic mass is 10.2. The standard InChI is InChI=1S/C19H27N5O/c1-4-15(5-2)24-14-10-16(21-24)19(25)22(3)17-9-8-11-20-18(17)23-12-6-7-13-23/h8-11,14-15H,4-7,12-13H2,1-3H3. The molecule has 0 radical (unpaired) electrons. The van der Waals surface area contributed by atoms with Gasteiger partial charge in [-0.3, -0.25) is 9.48 Å². The Labute approximate surface area is 149 Å². The van der Waals surface area contributed by atoms with E-state index in [1.54, 1.807) is 18.1 Å². The highest BCUT2D eigenvalue weighted by molar-refractivity contribution is 6.05. The number of pyridine rings is 1. The van der Waals surface area contributed by atoms with E-state index in [2.05, 4.69) is 28.8 Å². The van der Waals surface area contributed by atoms with Crippen LogP contribution in [0.15, 0.2) is 30.6 Å². The zero-order valence-corrected chi connectivity index (χ0v) is 15.4. The highest BCUT2D eigenvalue weighted by atomic mass is 16.2. The number of nitrogens with zero attached hydrogens (tertiary/aromatic N) is 5. The number of carbonyl (C=O) groups is 1. The van der Waals surface area contributed by atoms with Gasteiger partial charge in [-0.25, -0.2) is 4.98 Å². The van der Waals surface area contributed by atoms with Crippen LogP contribution in [0.25, 0.3) is 0 Å². The third-order valence-corrected chi connectivity index (χ3v) is 4.98. The summed E-state index contributed by atoms with van der Waals surface area (Å²) in [6.45, 7) is 6.27. The smallest absolute Gasteiger partial charge is 0.278 e. The third-order valence-electron chi connectivity index (χ3n) is 4.98. The van der Waals surface area contributed by atoms with Crippen LogP contribution in [0, 0.1) is 0 Å². The van der Waals surface area contributed by atoms with Gasteiger partial charge in [0.1, 0.15) is 0 Å². The Morgan fingerprint density at radius 1 is 1.24 bits per heavy atom. The van der Waals surface area contributed by atoms with Gasteiger partial charge in [0.05, 0.1) is 11.7 Å². The lowest BCUT2D eigenvalue weighted by Gasteiger charge is -2.24. The number of amides is 1. The molecule has 1 aliphatic heterocycles. The average molecular weight is 341 g/mol. The first-order valence-electron chi connectivity index (χ1n) is 9.18. The van der Waals surface area contributed by atoms with Gasteiger partial charge in [0.15, 0.2) is 11.5 Å². The Morgan fingerprint density at radius 3 is 2.64 bits per heavy atom. The summed E-state index contributed by atoms with van der Waals surface area (Å²) >= 11 is 0. The van der Waals surface area contributed by atoms with E-state index < -0.39 is 0 Å². The molecule has 2 aromatic rings. The normalized spacial score (nSPS) is 14.3. The van der Waals surface area contributed by atoms with Crippen molar-refractivity contribution in [1.82, 2.24) is 14.8 Å². The van der Waals surface area contributed by atoms with E-state index in [-0.39, 0.29) is 5.91 Å². The molecular weight excluding hydrogens is 314 g/mol. The van der Waals surface area contributed by atoms with E-state index in [9.17, 15) is 4.79 Å². The van der Waals surface area contributed by atoms with Gasteiger partial charge in [-0.1, -0.05) is 13.8 Å². The maximum atomic E-state index is 12.9. The van der Waals surface area contributed by atoms with Gasteiger partial charge in [-0.15, -0.1) is 0 Å². The largest absolute Gasteiger partial charge is 0.355 e. The maximum Gasteiger partial charge on any atom is 0.278 e. The molecule has 1 aliphatic rings. The van der Waals surface area contributed by atoms with Crippen LogP contribution >= 0.6 is 0 Å². The van der Waals surface area contributed by atoms with Crippen LogP contribution in [0.3, 0.4) is 0 Å². The number of anilines is 2. The minimum atomic E-state index is -0.0989. The van der Waals surface area contributed by atoms with Crippen molar-refractivity contribution >= 4 is 17.4 Å². The molecule has 6 heteroatoms. The summed E-state index contributed by atoms with van der Waals surface area (Å²) in [5.41, 5.74) is 1.32. The van der Waals surface area contributed by atoms with Crippen molar-refractivity contribution in [2.45, 2.75) is 45.6 Å². The van der Waals surface area contributed by atoms with Crippen LogP contribution in [-0.2, 0) is 0 Å². The molecule has 0 unspecified atom stereocenters. The van der Waals surface area contributed by atoms with E-state index in [0.717, 1.165) is 37.4 Å².